The summed E-state index contributed by atoms with van der Waals surface area (Å²) in [6.45, 7) is 2.32. The van der Waals surface area contributed by atoms with E-state index in [2.05, 4.69) is 26.3 Å². The average molecular weight is 619 g/mol. The van der Waals surface area contributed by atoms with Gasteiger partial charge in [-0.15, -0.1) is 0 Å². The Hall–Kier alpha value is -4.52. The number of guanidine groups is 1. The summed E-state index contributed by atoms with van der Waals surface area (Å²) in [6.07, 6.45) is -1.57. The van der Waals surface area contributed by atoms with Crippen molar-refractivity contribution < 1.29 is 54.0 Å². The van der Waals surface area contributed by atoms with Gasteiger partial charge in [0, 0.05) is 19.4 Å². The quantitative estimate of drug-likeness (QED) is 0.0330. The molecule has 0 saturated heterocycles. The highest BCUT2D eigenvalue weighted by atomic mass is 16.4. The van der Waals surface area contributed by atoms with Gasteiger partial charge in [0.15, 0.2) is 5.96 Å². The molecule has 0 aliphatic rings. The number of hydrogen-bond donors (Lipinski definition) is 11. The van der Waals surface area contributed by atoms with Crippen molar-refractivity contribution >= 4 is 47.5 Å². The summed E-state index contributed by atoms with van der Waals surface area (Å²) in [5.74, 6) is -8.71. The number of aliphatic imine (C=N–C) groups is 1. The van der Waals surface area contributed by atoms with E-state index in [0.29, 0.717) is 6.42 Å². The van der Waals surface area contributed by atoms with Crippen LogP contribution in [-0.4, -0.2) is 111 Å². The fraction of sp³-hybridized carbons (Fsp3) is 0.667. The minimum absolute atomic E-state index is 0.129. The van der Waals surface area contributed by atoms with E-state index in [1.54, 1.807) is 0 Å². The molecule has 0 fully saturated rings. The highest BCUT2D eigenvalue weighted by molar-refractivity contribution is 5.95. The third kappa shape index (κ3) is 15.9. The molecule has 14 N–H and O–H groups in total. The van der Waals surface area contributed by atoms with Gasteiger partial charge in [-0.1, -0.05) is 13.8 Å². The maximum Gasteiger partial charge on any atom is 0.326 e. The van der Waals surface area contributed by atoms with Crippen molar-refractivity contribution in [3.63, 3.8) is 0 Å². The lowest BCUT2D eigenvalue weighted by molar-refractivity contribution is -0.143. The molecule has 0 saturated carbocycles. The topological polar surface area (TPSA) is 339 Å². The average Bonchev–Trinajstić information content (AvgIpc) is 2.91. The molecule has 4 amide bonds. The van der Waals surface area contributed by atoms with Gasteiger partial charge >= 0.3 is 17.9 Å². The van der Waals surface area contributed by atoms with Gasteiger partial charge < -0.3 is 58.9 Å². The molecule has 0 aromatic rings. The second-order valence-electron chi connectivity index (χ2n) is 9.85. The molecule has 0 aliphatic carbocycles. The minimum atomic E-state index is -1.58. The van der Waals surface area contributed by atoms with E-state index in [-0.39, 0.29) is 18.9 Å². The number of nitrogens with one attached hydrogen (secondary N) is 4. The second-order valence-corrected chi connectivity index (χ2v) is 9.85. The largest absolute Gasteiger partial charge is 0.481 e. The summed E-state index contributed by atoms with van der Waals surface area (Å²) in [5, 5.41) is 45.9. The molecule has 0 bridgehead atoms. The van der Waals surface area contributed by atoms with Crippen molar-refractivity contribution in [2.24, 2.45) is 28.1 Å². The van der Waals surface area contributed by atoms with Crippen LogP contribution < -0.4 is 38.5 Å². The highest BCUT2D eigenvalue weighted by Gasteiger charge is 2.33. The summed E-state index contributed by atoms with van der Waals surface area (Å²) in [7, 11) is 0. The van der Waals surface area contributed by atoms with Crippen molar-refractivity contribution in [2.75, 3.05) is 13.2 Å². The third-order valence-electron chi connectivity index (χ3n) is 5.91. The van der Waals surface area contributed by atoms with E-state index in [1.165, 1.54) is 13.8 Å². The van der Waals surface area contributed by atoms with Crippen LogP contribution in [-0.2, 0) is 33.6 Å². The molecule has 5 atom stereocenters. The van der Waals surface area contributed by atoms with Crippen LogP contribution >= 0.6 is 0 Å². The van der Waals surface area contributed by atoms with Gasteiger partial charge in [0.2, 0.25) is 23.6 Å². The number of aliphatic carboxylic acids is 3. The monoisotopic (exact) mass is 618 g/mol. The molecule has 0 aliphatic heterocycles. The van der Waals surface area contributed by atoms with Gasteiger partial charge in [0.25, 0.3) is 0 Å². The summed E-state index contributed by atoms with van der Waals surface area (Å²) >= 11 is 0. The van der Waals surface area contributed by atoms with Gasteiger partial charge in [-0.3, -0.25) is 33.8 Å². The lowest BCUT2D eigenvalue weighted by Gasteiger charge is -2.27. The Labute approximate surface area is 247 Å². The molecule has 0 heterocycles. The molecule has 0 aromatic carbocycles. The standard InChI is InChI=1S/C24H42N8O11/c1-11(2)18(22(41)30-14(23(42)43)6-8-17(36)37)32-20(39)13(5-7-16(34)35)29-21(40)15(10-33)31-19(38)12(25)4-3-9-28-24(26)27/h11-15,18,33H,3-10,25H2,1-2H3,(H,29,40)(H,30,41)(H,31,38)(H,32,39)(H,34,35)(H,36,37)(H,42,43)(H4,26,27,28)/t12-,13-,14-,15-,18-/m0/s1. The maximum absolute atomic E-state index is 13.1. The van der Waals surface area contributed by atoms with Gasteiger partial charge in [0.1, 0.15) is 24.2 Å². The zero-order chi connectivity index (χ0) is 33.3. The zero-order valence-electron chi connectivity index (χ0n) is 23.9. The minimum Gasteiger partial charge on any atom is -0.481 e. The van der Waals surface area contributed by atoms with Gasteiger partial charge in [-0.25, -0.2) is 4.79 Å². The molecular weight excluding hydrogens is 576 g/mol. The van der Waals surface area contributed by atoms with Gasteiger partial charge in [0.05, 0.1) is 12.6 Å². The SMILES string of the molecule is CC(C)[C@H](NC(=O)[C@H](CCC(=O)O)NC(=O)[C@H](CO)NC(=O)[C@@H](N)CCCN=C(N)N)C(=O)N[C@@H](CCC(=O)O)C(=O)O. The maximum atomic E-state index is 13.1. The van der Waals surface area contributed by atoms with E-state index in [9.17, 15) is 43.8 Å². The summed E-state index contributed by atoms with van der Waals surface area (Å²) < 4.78 is 0. The first-order valence-electron chi connectivity index (χ1n) is 13.3. The molecule has 0 rings (SSSR count). The van der Waals surface area contributed by atoms with Crippen LogP contribution in [0.5, 0.6) is 0 Å². The third-order valence-corrected chi connectivity index (χ3v) is 5.91. The van der Waals surface area contributed by atoms with E-state index in [1.807, 2.05) is 0 Å². The van der Waals surface area contributed by atoms with E-state index in [0.717, 1.165) is 0 Å². The Morgan fingerprint density at radius 3 is 1.65 bits per heavy atom. The van der Waals surface area contributed by atoms with Crippen LogP contribution in [0.2, 0.25) is 0 Å². The number of aliphatic hydroxyl groups excluding tert-OH is 1. The molecule has 0 unspecified atom stereocenters. The Morgan fingerprint density at radius 2 is 1.19 bits per heavy atom. The Morgan fingerprint density at radius 1 is 0.698 bits per heavy atom. The number of nitrogens with two attached hydrogens (primary N) is 3. The summed E-state index contributed by atoms with van der Waals surface area (Å²) in [5.41, 5.74) is 16.2. The van der Waals surface area contributed by atoms with Gasteiger partial charge in [-0.2, -0.15) is 0 Å². The van der Waals surface area contributed by atoms with Crippen LogP contribution in [0.1, 0.15) is 52.4 Å². The Kier molecular flexibility index (Phi) is 17.5. The molecule has 0 radical (unpaired) electrons. The number of carbonyl (C=O) groups is 7. The highest BCUT2D eigenvalue weighted by Crippen LogP contribution is 2.08. The molecular formula is C24H42N8O11. The van der Waals surface area contributed by atoms with Crippen molar-refractivity contribution in [3.05, 3.63) is 0 Å². The van der Waals surface area contributed by atoms with Crippen LogP contribution in [0, 0.1) is 5.92 Å². The Bertz CT molecular complexity index is 1030. The van der Waals surface area contributed by atoms with E-state index < -0.39 is 110 Å². The normalized spacial score (nSPS) is 14.3. The van der Waals surface area contributed by atoms with Crippen molar-refractivity contribution in [1.29, 1.82) is 0 Å². The number of carboxylic acid groups (broad SMARTS) is 3. The summed E-state index contributed by atoms with van der Waals surface area (Å²) in [4.78, 5) is 88.4. The predicted octanol–water partition coefficient (Wildman–Crippen LogP) is -4.23. The number of aliphatic hydroxyl groups is 1. The first-order chi connectivity index (χ1) is 20.0. The molecule has 19 heteroatoms. The molecule has 0 spiro atoms. The molecule has 19 nitrogen and oxygen atoms in total. The van der Waals surface area contributed by atoms with Crippen molar-refractivity contribution in [2.45, 2.75) is 82.6 Å². The van der Waals surface area contributed by atoms with Crippen molar-refractivity contribution in [1.82, 2.24) is 21.3 Å². The predicted molar refractivity (Wildman–Crippen MR) is 149 cm³/mol. The number of amides is 4. The van der Waals surface area contributed by atoms with E-state index >= 15 is 0 Å². The number of carbonyl (C=O) groups excluding carboxylic acids is 4. The molecule has 244 valence electrons. The van der Waals surface area contributed by atoms with Crippen molar-refractivity contribution in [3.8, 4) is 0 Å². The second kappa shape index (κ2) is 19.6. The fourth-order valence-corrected chi connectivity index (χ4v) is 3.51. The smallest absolute Gasteiger partial charge is 0.326 e. The Balaban J connectivity index is 5.59. The van der Waals surface area contributed by atoms with Crippen LogP contribution in [0.25, 0.3) is 0 Å². The number of carboxylic acids is 3. The zero-order valence-corrected chi connectivity index (χ0v) is 23.9. The molecule has 0 aromatic heterocycles. The first kappa shape index (κ1) is 38.5. The lowest BCUT2D eigenvalue weighted by Crippen LogP contribution is -2.60. The lowest BCUT2D eigenvalue weighted by atomic mass is 10.0. The molecule has 43 heavy (non-hydrogen) atoms. The van der Waals surface area contributed by atoms with Crippen LogP contribution in [0.15, 0.2) is 4.99 Å². The number of rotatable bonds is 21. The first-order valence-corrected chi connectivity index (χ1v) is 13.3. The fourth-order valence-electron chi connectivity index (χ4n) is 3.51. The number of hydrogen-bond acceptors (Lipinski definition) is 10. The van der Waals surface area contributed by atoms with Crippen LogP contribution in [0.4, 0.5) is 0 Å². The van der Waals surface area contributed by atoms with Gasteiger partial charge in [-0.05, 0) is 31.6 Å². The number of nitrogens with zero attached hydrogens (tertiary/aromatic N) is 1. The van der Waals surface area contributed by atoms with E-state index in [4.69, 9.17) is 27.4 Å². The summed E-state index contributed by atoms with van der Waals surface area (Å²) in [6, 6.07) is -7.17. The van der Waals surface area contributed by atoms with Crippen LogP contribution in [0.3, 0.4) is 0 Å².